The van der Waals surface area contributed by atoms with Crippen LogP contribution in [0.5, 0.6) is 0 Å². The van der Waals surface area contributed by atoms with E-state index in [1.165, 1.54) is 49.0 Å². The van der Waals surface area contributed by atoms with E-state index in [4.69, 9.17) is 10.00 Å². The second kappa shape index (κ2) is 11.9. The van der Waals surface area contributed by atoms with Crippen molar-refractivity contribution in [3.8, 4) is 6.07 Å². The molecule has 1 aromatic carbocycles. The summed E-state index contributed by atoms with van der Waals surface area (Å²) in [4.78, 5) is 0. The van der Waals surface area contributed by atoms with Crippen molar-refractivity contribution >= 4 is 0 Å². The standard InChI is InChI=1S/C23H32FNO/c1-2-3-4-6-19-9-11-21(12-10-19)18-26-23-15-13-20(14-16-23)7-5-8-22(24)17-25/h8-12,20,23H,2-7,13-16,18H2,1H3/b22-8-. The molecule has 0 spiro atoms. The molecule has 1 fully saturated rings. The van der Waals surface area contributed by atoms with E-state index in [1.807, 2.05) is 0 Å². The predicted octanol–water partition coefficient (Wildman–Crippen LogP) is 6.65. The maximum absolute atomic E-state index is 12.8. The van der Waals surface area contributed by atoms with Gasteiger partial charge in [-0.25, -0.2) is 0 Å². The molecule has 0 radical (unpaired) electrons. The zero-order valence-electron chi connectivity index (χ0n) is 16.1. The Morgan fingerprint density at radius 2 is 1.85 bits per heavy atom. The molecule has 0 aromatic heterocycles. The normalized spacial score (nSPS) is 20.7. The molecule has 3 heteroatoms. The number of halogens is 1. The van der Waals surface area contributed by atoms with Crippen molar-refractivity contribution in [2.75, 3.05) is 0 Å². The van der Waals surface area contributed by atoms with Crippen LogP contribution in [0.4, 0.5) is 4.39 Å². The first-order valence-corrected chi connectivity index (χ1v) is 10.2. The van der Waals surface area contributed by atoms with E-state index in [-0.39, 0.29) is 0 Å². The van der Waals surface area contributed by atoms with Gasteiger partial charge in [-0.3, -0.25) is 0 Å². The van der Waals surface area contributed by atoms with Gasteiger partial charge >= 0.3 is 0 Å². The fourth-order valence-electron chi connectivity index (χ4n) is 3.67. The third-order valence-electron chi connectivity index (χ3n) is 5.38. The number of hydrogen-bond donors (Lipinski definition) is 0. The number of unbranched alkanes of at least 4 members (excludes halogenated alkanes) is 2. The molecule has 1 aromatic rings. The summed E-state index contributed by atoms with van der Waals surface area (Å²) >= 11 is 0. The van der Waals surface area contributed by atoms with Crippen LogP contribution in [0.2, 0.25) is 0 Å². The number of aryl methyl sites for hydroxylation is 1. The van der Waals surface area contributed by atoms with Gasteiger partial charge in [0.1, 0.15) is 6.07 Å². The lowest BCUT2D eigenvalue weighted by Gasteiger charge is -2.28. The van der Waals surface area contributed by atoms with Crippen LogP contribution >= 0.6 is 0 Å². The summed E-state index contributed by atoms with van der Waals surface area (Å²) in [5.41, 5.74) is 2.67. The molecule has 0 heterocycles. The van der Waals surface area contributed by atoms with E-state index in [0.29, 0.717) is 25.0 Å². The minimum atomic E-state index is -0.654. The second-order valence-electron chi connectivity index (χ2n) is 7.47. The first-order valence-electron chi connectivity index (χ1n) is 10.2. The Kier molecular flexibility index (Phi) is 9.42. The van der Waals surface area contributed by atoms with Gasteiger partial charge < -0.3 is 4.74 Å². The van der Waals surface area contributed by atoms with Crippen LogP contribution < -0.4 is 0 Å². The van der Waals surface area contributed by atoms with Crippen molar-refractivity contribution in [2.24, 2.45) is 5.92 Å². The van der Waals surface area contributed by atoms with Crippen LogP contribution in [0.1, 0.15) is 75.8 Å². The van der Waals surface area contributed by atoms with E-state index in [2.05, 4.69) is 31.2 Å². The molecule has 2 nitrogen and oxygen atoms in total. The second-order valence-corrected chi connectivity index (χ2v) is 7.47. The smallest absolute Gasteiger partial charge is 0.196 e. The van der Waals surface area contributed by atoms with Crippen molar-refractivity contribution in [3.05, 3.63) is 47.3 Å². The summed E-state index contributed by atoms with van der Waals surface area (Å²) in [6.07, 6.45) is 12.9. The lowest BCUT2D eigenvalue weighted by atomic mass is 9.84. The third kappa shape index (κ3) is 7.70. The molecule has 0 atom stereocenters. The van der Waals surface area contributed by atoms with Crippen molar-refractivity contribution in [3.63, 3.8) is 0 Å². The Morgan fingerprint density at radius 1 is 1.15 bits per heavy atom. The summed E-state index contributed by atoms with van der Waals surface area (Å²) < 4.78 is 18.9. The van der Waals surface area contributed by atoms with Gasteiger partial charge in [-0.15, -0.1) is 0 Å². The van der Waals surface area contributed by atoms with Crippen LogP contribution in [0.3, 0.4) is 0 Å². The van der Waals surface area contributed by atoms with E-state index in [9.17, 15) is 4.39 Å². The molecule has 0 aliphatic heterocycles. The number of nitriles is 1. The lowest BCUT2D eigenvalue weighted by Crippen LogP contribution is -2.21. The summed E-state index contributed by atoms with van der Waals surface area (Å²) in [6.45, 7) is 2.93. The Labute approximate surface area is 158 Å². The molecule has 26 heavy (non-hydrogen) atoms. The lowest BCUT2D eigenvalue weighted by molar-refractivity contribution is 0.00645. The number of nitrogens with zero attached hydrogens (tertiary/aromatic N) is 1. The van der Waals surface area contributed by atoms with Gasteiger partial charge in [0.2, 0.25) is 0 Å². The number of allylic oxidation sites excluding steroid dienone is 2. The molecule has 1 aliphatic rings. The first-order chi connectivity index (χ1) is 12.7. The number of ether oxygens (including phenoxy) is 1. The topological polar surface area (TPSA) is 33.0 Å². The van der Waals surface area contributed by atoms with Gasteiger partial charge in [0.25, 0.3) is 0 Å². The van der Waals surface area contributed by atoms with Crippen LogP contribution in [0.25, 0.3) is 0 Å². The Balaban J connectivity index is 1.63. The minimum absolute atomic E-state index is 0.349. The largest absolute Gasteiger partial charge is 0.374 e. The highest BCUT2D eigenvalue weighted by Gasteiger charge is 2.21. The van der Waals surface area contributed by atoms with E-state index in [0.717, 1.165) is 32.1 Å². The molecular weight excluding hydrogens is 325 g/mol. The number of hydrogen-bond acceptors (Lipinski definition) is 2. The molecule has 2 rings (SSSR count). The van der Waals surface area contributed by atoms with Gasteiger partial charge in [0, 0.05) is 0 Å². The average molecular weight is 358 g/mol. The van der Waals surface area contributed by atoms with Gasteiger partial charge in [-0.1, -0.05) is 44.0 Å². The molecule has 0 bridgehead atoms. The van der Waals surface area contributed by atoms with Gasteiger partial charge in [0.05, 0.1) is 12.7 Å². The maximum atomic E-state index is 12.8. The van der Waals surface area contributed by atoms with Crippen molar-refractivity contribution in [1.82, 2.24) is 0 Å². The number of rotatable bonds is 10. The van der Waals surface area contributed by atoms with Crippen molar-refractivity contribution in [2.45, 2.75) is 83.8 Å². The van der Waals surface area contributed by atoms with Gasteiger partial charge in [-0.05, 0) is 74.5 Å². The van der Waals surface area contributed by atoms with Crippen LogP contribution in [0, 0.1) is 17.2 Å². The number of benzene rings is 1. The zero-order valence-corrected chi connectivity index (χ0v) is 16.1. The van der Waals surface area contributed by atoms with E-state index >= 15 is 0 Å². The quantitative estimate of drug-likeness (QED) is 0.347. The summed E-state index contributed by atoms with van der Waals surface area (Å²) in [5, 5.41) is 8.41. The van der Waals surface area contributed by atoms with E-state index < -0.39 is 5.83 Å². The van der Waals surface area contributed by atoms with Gasteiger partial charge in [0.15, 0.2) is 5.83 Å². The predicted molar refractivity (Wildman–Crippen MR) is 104 cm³/mol. The molecule has 142 valence electrons. The fourth-order valence-corrected chi connectivity index (χ4v) is 3.67. The Bertz CT molecular complexity index is 579. The maximum Gasteiger partial charge on any atom is 0.196 e. The SMILES string of the molecule is CCCCCc1ccc(COC2CCC(CC/C=C(\F)C#N)CC2)cc1. The van der Waals surface area contributed by atoms with Crippen molar-refractivity contribution < 1.29 is 9.13 Å². The third-order valence-corrected chi connectivity index (χ3v) is 5.38. The molecule has 1 aliphatic carbocycles. The molecule has 0 saturated heterocycles. The highest BCUT2D eigenvalue weighted by Crippen LogP contribution is 2.30. The Hall–Kier alpha value is -1.66. The van der Waals surface area contributed by atoms with Crippen LogP contribution in [-0.2, 0) is 17.8 Å². The molecular formula is C23H32FNO. The molecule has 1 saturated carbocycles. The fraction of sp³-hybridized carbons (Fsp3) is 0.609. The molecule has 0 N–H and O–H groups in total. The van der Waals surface area contributed by atoms with E-state index in [1.54, 1.807) is 0 Å². The summed E-state index contributed by atoms with van der Waals surface area (Å²) in [7, 11) is 0. The summed E-state index contributed by atoms with van der Waals surface area (Å²) in [6, 6.07) is 10.4. The van der Waals surface area contributed by atoms with Crippen LogP contribution in [-0.4, -0.2) is 6.10 Å². The molecule has 0 amide bonds. The first kappa shape index (κ1) is 20.6. The van der Waals surface area contributed by atoms with Crippen LogP contribution in [0.15, 0.2) is 36.2 Å². The highest BCUT2D eigenvalue weighted by molar-refractivity contribution is 5.22. The molecule has 0 unspecified atom stereocenters. The average Bonchev–Trinajstić information content (AvgIpc) is 2.68. The van der Waals surface area contributed by atoms with Gasteiger partial charge in [-0.2, -0.15) is 9.65 Å². The van der Waals surface area contributed by atoms with Crippen molar-refractivity contribution in [1.29, 1.82) is 5.26 Å². The zero-order chi connectivity index (χ0) is 18.6. The highest BCUT2D eigenvalue weighted by atomic mass is 19.1. The summed E-state index contributed by atoms with van der Waals surface area (Å²) in [5.74, 6) is -0.0154. The minimum Gasteiger partial charge on any atom is -0.374 e. The monoisotopic (exact) mass is 357 g/mol. The Morgan fingerprint density at radius 3 is 2.50 bits per heavy atom.